The minimum atomic E-state index is 0.310. The summed E-state index contributed by atoms with van der Waals surface area (Å²) in [6.07, 6.45) is 3.17. The van der Waals surface area contributed by atoms with Gasteiger partial charge in [0.15, 0.2) is 0 Å². The Hall–Kier alpha value is -1.61. The molecule has 1 N–H and O–H groups in total. The molecule has 2 aromatic rings. The van der Waals surface area contributed by atoms with Crippen molar-refractivity contribution >= 4 is 16.6 Å². The van der Waals surface area contributed by atoms with Gasteiger partial charge in [0.25, 0.3) is 0 Å². The quantitative estimate of drug-likeness (QED) is 0.801. The number of nitrogens with one attached hydrogen (secondary N) is 1. The van der Waals surface area contributed by atoms with Crippen molar-refractivity contribution in [3.63, 3.8) is 0 Å². The van der Waals surface area contributed by atoms with E-state index < -0.39 is 0 Å². The first-order valence-electron chi connectivity index (χ1n) is 6.87. The van der Waals surface area contributed by atoms with E-state index in [2.05, 4.69) is 49.3 Å². The molecule has 3 heteroatoms. The summed E-state index contributed by atoms with van der Waals surface area (Å²) in [5.41, 5.74) is 3.44. The topological polar surface area (TPSA) is 34.2 Å². The van der Waals surface area contributed by atoms with Crippen LogP contribution in [-0.2, 0) is 4.74 Å². The lowest BCUT2D eigenvalue weighted by atomic mass is 10.1. The number of aromatic nitrogens is 1. The first-order chi connectivity index (χ1) is 9.16. The predicted octanol–water partition coefficient (Wildman–Crippen LogP) is 3.77. The zero-order valence-corrected chi connectivity index (χ0v) is 11.9. The van der Waals surface area contributed by atoms with Crippen LogP contribution in [0.1, 0.15) is 25.8 Å². The van der Waals surface area contributed by atoms with E-state index in [9.17, 15) is 0 Å². The fourth-order valence-electron chi connectivity index (χ4n) is 2.03. The van der Waals surface area contributed by atoms with Gasteiger partial charge in [-0.25, -0.2) is 0 Å². The number of benzene rings is 1. The maximum atomic E-state index is 5.53. The Balaban J connectivity index is 1.98. The van der Waals surface area contributed by atoms with Crippen LogP contribution in [0, 0.1) is 6.92 Å². The minimum Gasteiger partial charge on any atom is -0.384 e. The predicted molar refractivity (Wildman–Crippen MR) is 80.7 cm³/mol. The van der Waals surface area contributed by atoms with Crippen molar-refractivity contribution in [1.29, 1.82) is 0 Å². The first kappa shape index (κ1) is 13.8. The molecular formula is C16H22N2O. The molecule has 1 heterocycles. The van der Waals surface area contributed by atoms with E-state index >= 15 is 0 Å². The highest BCUT2D eigenvalue weighted by atomic mass is 16.5. The molecule has 0 amide bonds. The molecule has 0 aliphatic rings. The second-order valence-electron chi connectivity index (χ2n) is 5.08. The highest BCUT2D eigenvalue weighted by molar-refractivity contribution is 5.91. The van der Waals surface area contributed by atoms with Gasteiger partial charge in [-0.2, -0.15) is 0 Å². The minimum absolute atomic E-state index is 0.310. The van der Waals surface area contributed by atoms with Gasteiger partial charge < -0.3 is 10.1 Å². The van der Waals surface area contributed by atoms with Gasteiger partial charge in [-0.3, -0.25) is 4.98 Å². The highest BCUT2D eigenvalue weighted by Gasteiger charge is 2.01. The second kappa shape index (κ2) is 6.53. The van der Waals surface area contributed by atoms with Crippen molar-refractivity contribution in [2.75, 3.05) is 18.5 Å². The fraction of sp³-hybridized carbons (Fsp3) is 0.438. The molecule has 1 aromatic carbocycles. The number of fused-ring (bicyclic) bond motifs is 1. The van der Waals surface area contributed by atoms with Gasteiger partial charge >= 0.3 is 0 Å². The smallest absolute Gasteiger partial charge is 0.0722 e. The van der Waals surface area contributed by atoms with E-state index in [-0.39, 0.29) is 0 Å². The molecule has 3 nitrogen and oxygen atoms in total. The van der Waals surface area contributed by atoms with Crippen molar-refractivity contribution in [2.24, 2.45) is 0 Å². The summed E-state index contributed by atoms with van der Waals surface area (Å²) in [4.78, 5) is 4.39. The molecule has 0 bridgehead atoms. The molecule has 0 aliphatic carbocycles. The van der Waals surface area contributed by atoms with Crippen molar-refractivity contribution in [3.8, 4) is 0 Å². The number of hydrogen-bond donors (Lipinski definition) is 1. The number of rotatable bonds is 6. The Morgan fingerprint density at radius 1 is 1.26 bits per heavy atom. The van der Waals surface area contributed by atoms with E-state index in [1.54, 1.807) is 0 Å². The lowest BCUT2D eigenvalue weighted by Gasteiger charge is -2.11. The van der Waals surface area contributed by atoms with E-state index in [1.165, 1.54) is 10.9 Å². The third kappa shape index (κ3) is 3.93. The lowest BCUT2D eigenvalue weighted by Crippen LogP contribution is -2.09. The van der Waals surface area contributed by atoms with Gasteiger partial charge in [0.1, 0.15) is 0 Å². The number of nitrogens with zero attached hydrogens (tertiary/aromatic N) is 1. The number of anilines is 1. The Morgan fingerprint density at radius 3 is 2.89 bits per heavy atom. The fourth-order valence-corrected chi connectivity index (χ4v) is 2.03. The van der Waals surface area contributed by atoms with Crippen LogP contribution < -0.4 is 5.32 Å². The summed E-state index contributed by atoms with van der Waals surface area (Å²) in [6, 6.07) is 8.37. The van der Waals surface area contributed by atoms with Crippen LogP contribution in [0.3, 0.4) is 0 Å². The van der Waals surface area contributed by atoms with E-state index in [1.807, 2.05) is 12.3 Å². The van der Waals surface area contributed by atoms with E-state index in [0.29, 0.717) is 6.10 Å². The molecule has 0 fully saturated rings. The standard InChI is InChI=1S/C16H22N2O/c1-12(2)19-10-4-8-17-16-7-9-18-15-6-5-13(3)11-14(15)16/h5-7,9,11-12H,4,8,10H2,1-3H3,(H,17,18). The summed E-state index contributed by atoms with van der Waals surface area (Å²) < 4.78 is 5.53. The Kier molecular flexibility index (Phi) is 4.74. The summed E-state index contributed by atoms with van der Waals surface area (Å²) >= 11 is 0. The zero-order valence-electron chi connectivity index (χ0n) is 11.9. The lowest BCUT2D eigenvalue weighted by molar-refractivity contribution is 0.0787. The van der Waals surface area contributed by atoms with Crippen LogP contribution >= 0.6 is 0 Å². The zero-order chi connectivity index (χ0) is 13.7. The van der Waals surface area contributed by atoms with Gasteiger partial charge in [-0.1, -0.05) is 11.6 Å². The Morgan fingerprint density at radius 2 is 2.11 bits per heavy atom. The second-order valence-corrected chi connectivity index (χ2v) is 5.08. The van der Waals surface area contributed by atoms with Crippen LogP contribution in [0.25, 0.3) is 10.9 Å². The molecule has 0 radical (unpaired) electrons. The van der Waals surface area contributed by atoms with Gasteiger partial charge in [0.05, 0.1) is 11.6 Å². The number of hydrogen-bond acceptors (Lipinski definition) is 3. The largest absolute Gasteiger partial charge is 0.384 e. The average Bonchev–Trinajstić information content (AvgIpc) is 2.38. The average molecular weight is 258 g/mol. The third-order valence-electron chi connectivity index (χ3n) is 2.98. The first-order valence-corrected chi connectivity index (χ1v) is 6.87. The molecule has 102 valence electrons. The molecule has 0 aliphatic heterocycles. The third-order valence-corrected chi connectivity index (χ3v) is 2.98. The monoisotopic (exact) mass is 258 g/mol. The summed E-state index contributed by atoms with van der Waals surface area (Å²) in [5, 5.41) is 4.66. The van der Waals surface area contributed by atoms with Gasteiger partial charge in [0.2, 0.25) is 0 Å². The molecule has 0 atom stereocenters. The highest BCUT2D eigenvalue weighted by Crippen LogP contribution is 2.22. The number of pyridine rings is 1. The van der Waals surface area contributed by atoms with Crippen LogP contribution in [0.5, 0.6) is 0 Å². The van der Waals surface area contributed by atoms with Gasteiger partial charge in [0, 0.05) is 30.4 Å². The molecule has 19 heavy (non-hydrogen) atoms. The van der Waals surface area contributed by atoms with E-state index in [0.717, 1.165) is 30.8 Å². The molecule has 0 saturated heterocycles. The molecule has 2 rings (SSSR count). The maximum absolute atomic E-state index is 5.53. The maximum Gasteiger partial charge on any atom is 0.0722 e. The van der Waals surface area contributed by atoms with Crippen LogP contribution in [0.2, 0.25) is 0 Å². The van der Waals surface area contributed by atoms with Crippen LogP contribution in [0.15, 0.2) is 30.5 Å². The molecule has 0 spiro atoms. The van der Waals surface area contributed by atoms with E-state index in [4.69, 9.17) is 4.74 Å². The van der Waals surface area contributed by atoms with Crippen LogP contribution in [-0.4, -0.2) is 24.2 Å². The Bertz CT molecular complexity index is 537. The van der Waals surface area contributed by atoms with Crippen LogP contribution in [0.4, 0.5) is 5.69 Å². The van der Waals surface area contributed by atoms with Gasteiger partial charge in [-0.05, 0) is 45.4 Å². The number of aryl methyl sites for hydroxylation is 1. The van der Waals surface area contributed by atoms with Crippen molar-refractivity contribution in [2.45, 2.75) is 33.3 Å². The summed E-state index contributed by atoms with van der Waals surface area (Å²) in [7, 11) is 0. The normalized spacial score (nSPS) is 11.2. The summed E-state index contributed by atoms with van der Waals surface area (Å²) in [5.74, 6) is 0. The molecular weight excluding hydrogens is 236 g/mol. The number of ether oxygens (including phenoxy) is 1. The van der Waals surface area contributed by atoms with Crippen molar-refractivity contribution in [1.82, 2.24) is 4.98 Å². The molecule has 1 aromatic heterocycles. The SMILES string of the molecule is Cc1ccc2nccc(NCCCOC(C)C)c2c1. The summed E-state index contributed by atoms with van der Waals surface area (Å²) in [6.45, 7) is 7.94. The molecule has 0 unspecified atom stereocenters. The van der Waals surface area contributed by atoms with Crippen molar-refractivity contribution < 1.29 is 4.74 Å². The Labute approximate surface area is 115 Å². The van der Waals surface area contributed by atoms with Crippen molar-refractivity contribution in [3.05, 3.63) is 36.0 Å². The van der Waals surface area contributed by atoms with Gasteiger partial charge in [-0.15, -0.1) is 0 Å². The molecule has 0 saturated carbocycles.